The second-order valence-electron chi connectivity index (χ2n) is 3.46. The van der Waals surface area contributed by atoms with Crippen LogP contribution in [0.3, 0.4) is 0 Å². The summed E-state index contributed by atoms with van der Waals surface area (Å²) in [6, 6.07) is 9.15. The van der Waals surface area contributed by atoms with Gasteiger partial charge in [-0.05, 0) is 17.7 Å². The molecule has 5 nitrogen and oxygen atoms in total. The lowest BCUT2D eigenvalue weighted by molar-refractivity contribution is 0.462. The van der Waals surface area contributed by atoms with E-state index in [-0.39, 0.29) is 16.9 Å². The quantitative estimate of drug-likeness (QED) is 0.917. The van der Waals surface area contributed by atoms with Crippen LogP contribution in [0.1, 0.15) is 5.56 Å². The van der Waals surface area contributed by atoms with Crippen molar-refractivity contribution in [1.82, 2.24) is 9.97 Å². The van der Waals surface area contributed by atoms with Crippen LogP contribution in [-0.4, -0.2) is 9.97 Å². The molecule has 0 amide bonds. The van der Waals surface area contributed by atoms with E-state index in [0.29, 0.717) is 12.2 Å². The fraction of sp³-hybridized carbons (Fsp3) is 0.0833. The molecule has 18 heavy (non-hydrogen) atoms. The van der Waals surface area contributed by atoms with Gasteiger partial charge >= 0.3 is 0 Å². The maximum atomic E-state index is 8.56. The summed E-state index contributed by atoms with van der Waals surface area (Å²) in [6.45, 7) is 0. The number of ether oxygens (including phenoxy) is 1. The number of halogens is 1. The Bertz CT molecular complexity index is 592. The molecule has 0 aliphatic rings. The second kappa shape index (κ2) is 5.34. The summed E-state index contributed by atoms with van der Waals surface area (Å²) in [6.07, 6.45) is 1.74. The fourth-order valence-corrected chi connectivity index (χ4v) is 1.44. The number of nitrogens with two attached hydrogens (primary N) is 1. The van der Waals surface area contributed by atoms with Crippen molar-refractivity contribution in [3.8, 4) is 17.7 Å². The van der Waals surface area contributed by atoms with E-state index in [2.05, 4.69) is 16.0 Å². The van der Waals surface area contributed by atoms with Crippen molar-refractivity contribution in [3.63, 3.8) is 0 Å². The summed E-state index contributed by atoms with van der Waals surface area (Å²) in [7, 11) is 0. The Hall–Kier alpha value is -2.32. The molecule has 0 spiro atoms. The molecule has 1 heterocycles. The Morgan fingerprint density at radius 3 is 2.72 bits per heavy atom. The minimum atomic E-state index is 0.0931. The van der Waals surface area contributed by atoms with Crippen molar-refractivity contribution < 1.29 is 4.74 Å². The number of nitrogens with zero attached hydrogens (tertiary/aromatic N) is 3. The topological polar surface area (TPSA) is 84.8 Å². The summed E-state index contributed by atoms with van der Waals surface area (Å²) < 4.78 is 5.48. The van der Waals surface area contributed by atoms with Crippen LogP contribution < -0.4 is 10.5 Å². The lowest BCUT2D eigenvalue weighted by Gasteiger charge is -2.06. The maximum absolute atomic E-state index is 8.56. The van der Waals surface area contributed by atoms with Crippen LogP contribution in [0.15, 0.2) is 30.5 Å². The molecule has 0 saturated heterocycles. The van der Waals surface area contributed by atoms with Gasteiger partial charge in [0.1, 0.15) is 10.8 Å². The summed E-state index contributed by atoms with van der Waals surface area (Å²) in [5.41, 5.74) is 6.36. The molecule has 0 radical (unpaired) electrons. The van der Waals surface area contributed by atoms with Gasteiger partial charge < -0.3 is 10.5 Å². The number of hydrogen-bond donors (Lipinski definition) is 1. The Labute approximate surface area is 109 Å². The molecule has 0 unspecified atom stereocenters. The van der Waals surface area contributed by atoms with Crippen LogP contribution in [0.5, 0.6) is 11.6 Å². The number of aromatic nitrogens is 2. The average Bonchev–Trinajstić information content (AvgIpc) is 2.37. The molecule has 2 aromatic rings. The van der Waals surface area contributed by atoms with Crippen LogP contribution in [-0.2, 0) is 6.42 Å². The maximum Gasteiger partial charge on any atom is 0.243 e. The molecular formula is C12H9ClN4O. The Balaban J connectivity index is 2.18. The van der Waals surface area contributed by atoms with E-state index in [1.54, 1.807) is 24.3 Å². The first-order valence-electron chi connectivity index (χ1n) is 5.11. The first-order chi connectivity index (χ1) is 8.69. The van der Waals surface area contributed by atoms with Gasteiger partial charge in [0.15, 0.2) is 0 Å². The molecule has 0 atom stereocenters. The smallest absolute Gasteiger partial charge is 0.243 e. The molecule has 0 aliphatic heterocycles. The molecule has 0 fully saturated rings. The zero-order valence-corrected chi connectivity index (χ0v) is 10.1. The number of anilines is 1. The van der Waals surface area contributed by atoms with E-state index in [9.17, 15) is 0 Å². The second-order valence-corrected chi connectivity index (χ2v) is 3.87. The SMILES string of the molecule is N#CCc1ccc(Oc2nc(N)ncc2Cl)cc1. The van der Waals surface area contributed by atoms with Crippen LogP contribution in [0.2, 0.25) is 5.02 Å². The summed E-state index contributed by atoms with van der Waals surface area (Å²) in [5, 5.41) is 8.84. The molecule has 1 aromatic heterocycles. The first kappa shape index (κ1) is 12.1. The van der Waals surface area contributed by atoms with Gasteiger partial charge in [0, 0.05) is 0 Å². The number of nitriles is 1. The monoisotopic (exact) mass is 260 g/mol. The van der Waals surface area contributed by atoms with Gasteiger partial charge in [0.2, 0.25) is 11.8 Å². The Kier molecular flexibility index (Phi) is 3.60. The number of rotatable bonds is 3. The predicted molar refractivity (Wildman–Crippen MR) is 67.3 cm³/mol. The van der Waals surface area contributed by atoms with Crippen LogP contribution in [0, 0.1) is 11.3 Å². The molecule has 0 aliphatic carbocycles. The minimum absolute atomic E-state index is 0.0931. The van der Waals surface area contributed by atoms with Gasteiger partial charge in [0.05, 0.1) is 18.7 Å². The predicted octanol–water partition coefficient (Wildman–Crippen LogP) is 2.57. The highest BCUT2D eigenvalue weighted by Gasteiger charge is 2.06. The molecule has 0 saturated carbocycles. The highest BCUT2D eigenvalue weighted by molar-refractivity contribution is 6.31. The first-order valence-corrected chi connectivity index (χ1v) is 5.48. The lowest BCUT2D eigenvalue weighted by atomic mass is 10.2. The molecule has 2 rings (SSSR count). The van der Waals surface area contributed by atoms with Crippen molar-refractivity contribution in [2.24, 2.45) is 0 Å². The molecule has 90 valence electrons. The minimum Gasteiger partial charge on any atom is -0.437 e. The van der Waals surface area contributed by atoms with Crippen molar-refractivity contribution >= 4 is 17.5 Å². The van der Waals surface area contributed by atoms with E-state index >= 15 is 0 Å². The zero-order valence-electron chi connectivity index (χ0n) is 9.30. The highest BCUT2D eigenvalue weighted by Crippen LogP contribution is 2.27. The number of hydrogen-bond acceptors (Lipinski definition) is 5. The Morgan fingerprint density at radius 1 is 1.33 bits per heavy atom. The van der Waals surface area contributed by atoms with Crippen molar-refractivity contribution in [2.45, 2.75) is 6.42 Å². The summed E-state index contributed by atoms with van der Waals surface area (Å²) >= 11 is 5.88. The molecule has 0 bridgehead atoms. The van der Waals surface area contributed by atoms with E-state index < -0.39 is 0 Å². The molecule has 6 heteroatoms. The van der Waals surface area contributed by atoms with Crippen molar-refractivity contribution in [2.75, 3.05) is 5.73 Å². The number of nitrogen functional groups attached to an aromatic ring is 1. The van der Waals surface area contributed by atoms with Gasteiger partial charge in [-0.2, -0.15) is 10.2 Å². The fourth-order valence-electron chi connectivity index (χ4n) is 1.31. The summed E-state index contributed by atoms with van der Waals surface area (Å²) in [5.74, 6) is 0.865. The third-order valence-corrected chi connectivity index (χ3v) is 2.41. The van der Waals surface area contributed by atoms with Crippen molar-refractivity contribution in [1.29, 1.82) is 5.26 Å². The van der Waals surface area contributed by atoms with Crippen LogP contribution in [0.4, 0.5) is 5.95 Å². The van der Waals surface area contributed by atoms with Gasteiger partial charge in [-0.15, -0.1) is 0 Å². The molecule has 1 aromatic carbocycles. The van der Waals surface area contributed by atoms with Gasteiger partial charge in [-0.3, -0.25) is 0 Å². The highest BCUT2D eigenvalue weighted by atomic mass is 35.5. The third kappa shape index (κ3) is 2.87. The van der Waals surface area contributed by atoms with E-state index in [0.717, 1.165) is 5.56 Å². The van der Waals surface area contributed by atoms with Crippen LogP contribution >= 0.6 is 11.6 Å². The third-order valence-electron chi connectivity index (χ3n) is 2.15. The van der Waals surface area contributed by atoms with Gasteiger partial charge in [-0.25, -0.2) is 4.98 Å². The van der Waals surface area contributed by atoms with Gasteiger partial charge in [0.25, 0.3) is 0 Å². The van der Waals surface area contributed by atoms with E-state index in [4.69, 9.17) is 27.3 Å². The zero-order chi connectivity index (χ0) is 13.0. The standard InChI is InChI=1S/C12H9ClN4O/c13-10-7-16-12(15)17-11(10)18-9-3-1-8(2-4-9)5-6-14/h1-4,7H,5H2,(H2,15,16,17). The molecular weight excluding hydrogens is 252 g/mol. The van der Waals surface area contributed by atoms with Crippen LogP contribution in [0.25, 0.3) is 0 Å². The number of benzene rings is 1. The lowest BCUT2D eigenvalue weighted by Crippen LogP contribution is -1.97. The average molecular weight is 261 g/mol. The van der Waals surface area contributed by atoms with Gasteiger partial charge in [-0.1, -0.05) is 23.7 Å². The summed E-state index contributed by atoms with van der Waals surface area (Å²) in [4.78, 5) is 7.63. The largest absolute Gasteiger partial charge is 0.437 e. The molecule has 2 N–H and O–H groups in total. The Morgan fingerprint density at radius 2 is 2.06 bits per heavy atom. The van der Waals surface area contributed by atoms with E-state index in [1.165, 1.54) is 6.20 Å². The normalized spacial score (nSPS) is 9.78. The van der Waals surface area contributed by atoms with E-state index in [1.807, 2.05) is 0 Å². The van der Waals surface area contributed by atoms with Crippen molar-refractivity contribution in [3.05, 3.63) is 41.0 Å².